The molecule has 0 aromatic heterocycles. The number of halogens is 2. The zero-order valence-electron chi connectivity index (χ0n) is 10.1. The number of hydrogen-bond acceptors (Lipinski definition) is 2. The number of carbonyl (C=O) groups excluding carboxylic acids is 1. The summed E-state index contributed by atoms with van der Waals surface area (Å²) in [6.45, 7) is 5.37. The molecule has 1 rings (SSSR count). The second kappa shape index (κ2) is 4.79. The third-order valence-corrected chi connectivity index (χ3v) is 2.40. The van der Waals surface area contributed by atoms with Gasteiger partial charge in [-0.05, 0) is 17.5 Å². The maximum absolute atomic E-state index is 13.3. The predicted molar refractivity (Wildman–Crippen MR) is 62.4 cm³/mol. The Labute approximate surface area is 99.0 Å². The second-order valence-corrected chi connectivity index (χ2v) is 4.96. The smallest absolute Gasteiger partial charge is 0.241 e. The number of anilines is 1. The molecule has 94 valence electrons. The Morgan fingerprint density at radius 1 is 1.35 bits per heavy atom. The molecule has 3 nitrogen and oxygen atoms in total. The first-order valence-corrected chi connectivity index (χ1v) is 5.23. The Hall–Kier alpha value is -1.49. The van der Waals surface area contributed by atoms with Gasteiger partial charge >= 0.3 is 0 Å². The molecule has 0 aliphatic heterocycles. The van der Waals surface area contributed by atoms with Crippen molar-refractivity contribution in [1.29, 1.82) is 0 Å². The van der Waals surface area contributed by atoms with Crippen LogP contribution in [0.1, 0.15) is 20.8 Å². The number of amides is 1. The van der Waals surface area contributed by atoms with Gasteiger partial charge in [-0.15, -0.1) is 0 Å². The Bertz CT molecular complexity index is 427. The average molecular weight is 242 g/mol. The summed E-state index contributed by atoms with van der Waals surface area (Å²) < 4.78 is 26.2. The maximum atomic E-state index is 13.3. The zero-order valence-corrected chi connectivity index (χ0v) is 10.1. The molecule has 0 saturated heterocycles. The first-order chi connectivity index (χ1) is 7.71. The summed E-state index contributed by atoms with van der Waals surface area (Å²) in [5, 5.41) is 2.28. The number of benzene rings is 1. The molecule has 0 radical (unpaired) electrons. The van der Waals surface area contributed by atoms with Gasteiger partial charge in [0.2, 0.25) is 5.91 Å². The topological polar surface area (TPSA) is 55.1 Å². The number of carbonyl (C=O) groups is 1. The lowest BCUT2D eigenvalue weighted by Gasteiger charge is -2.25. The van der Waals surface area contributed by atoms with Crippen molar-refractivity contribution in [3.63, 3.8) is 0 Å². The van der Waals surface area contributed by atoms with Crippen LogP contribution in [0.4, 0.5) is 14.5 Å². The first-order valence-electron chi connectivity index (χ1n) is 5.23. The summed E-state index contributed by atoms with van der Waals surface area (Å²) in [5.74, 6) is -1.85. The Balaban J connectivity index is 2.85. The molecule has 1 atom stereocenters. The van der Waals surface area contributed by atoms with Gasteiger partial charge in [-0.2, -0.15) is 0 Å². The van der Waals surface area contributed by atoms with Crippen LogP contribution >= 0.6 is 0 Å². The quantitative estimate of drug-likeness (QED) is 0.835. The fourth-order valence-corrected chi connectivity index (χ4v) is 1.20. The van der Waals surface area contributed by atoms with Crippen LogP contribution in [0.2, 0.25) is 0 Å². The fourth-order valence-electron chi connectivity index (χ4n) is 1.20. The molecule has 0 aliphatic rings. The van der Waals surface area contributed by atoms with Crippen molar-refractivity contribution in [2.45, 2.75) is 26.8 Å². The molecule has 17 heavy (non-hydrogen) atoms. The molecular formula is C12H16F2N2O. The minimum atomic E-state index is -0.801. The van der Waals surface area contributed by atoms with Crippen molar-refractivity contribution in [2.75, 3.05) is 5.32 Å². The largest absolute Gasteiger partial charge is 0.322 e. The molecule has 1 aromatic carbocycles. The summed E-state index contributed by atoms with van der Waals surface area (Å²) in [5.41, 5.74) is 5.05. The SMILES string of the molecule is CC(C)(C)[C@H](N)C(=O)Nc1cc(F)ccc1F. The lowest BCUT2D eigenvalue weighted by molar-refractivity contribution is -0.119. The van der Waals surface area contributed by atoms with E-state index in [1.54, 1.807) is 20.8 Å². The van der Waals surface area contributed by atoms with E-state index in [9.17, 15) is 13.6 Å². The van der Waals surface area contributed by atoms with E-state index in [2.05, 4.69) is 5.32 Å². The number of hydrogen-bond donors (Lipinski definition) is 2. The molecule has 1 amide bonds. The normalized spacial score (nSPS) is 13.3. The number of nitrogens with one attached hydrogen (secondary N) is 1. The molecule has 3 N–H and O–H groups in total. The van der Waals surface area contributed by atoms with Gasteiger partial charge in [-0.25, -0.2) is 8.78 Å². The Morgan fingerprint density at radius 3 is 2.47 bits per heavy atom. The molecule has 0 fully saturated rings. The molecule has 1 aromatic rings. The van der Waals surface area contributed by atoms with Crippen molar-refractivity contribution >= 4 is 11.6 Å². The van der Waals surface area contributed by atoms with E-state index in [4.69, 9.17) is 5.73 Å². The molecule has 0 aliphatic carbocycles. The summed E-state index contributed by atoms with van der Waals surface area (Å²) in [6, 6.07) is 2.05. The highest BCUT2D eigenvalue weighted by molar-refractivity contribution is 5.95. The Kier molecular flexibility index (Phi) is 3.83. The van der Waals surface area contributed by atoms with Crippen LogP contribution in [0.25, 0.3) is 0 Å². The van der Waals surface area contributed by atoms with Gasteiger partial charge in [0.1, 0.15) is 11.6 Å². The minimum Gasteiger partial charge on any atom is -0.322 e. The van der Waals surface area contributed by atoms with E-state index in [0.29, 0.717) is 0 Å². The van der Waals surface area contributed by atoms with E-state index >= 15 is 0 Å². The predicted octanol–water partition coefficient (Wildman–Crippen LogP) is 2.28. The lowest BCUT2D eigenvalue weighted by Crippen LogP contribution is -2.45. The van der Waals surface area contributed by atoms with E-state index in [-0.39, 0.29) is 5.69 Å². The molecule has 0 unspecified atom stereocenters. The third-order valence-electron chi connectivity index (χ3n) is 2.40. The van der Waals surface area contributed by atoms with E-state index in [0.717, 1.165) is 18.2 Å². The number of nitrogens with two attached hydrogens (primary N) is 1. The van der Waals surface area contributed by atoms with Gasteiger partial charge in [-0.1, -0.05) is 20.8 Å². The van der Waals surface area contributed by atoms with Crippen molar-refractivity contribution in [2.24, 2.45) is 11.1 Å². The summed E-state index contributed by atoms with van der Waals surface area (Å²) in [7, 11) is 0. The maximum Gasteiger partial charge on any atom is 0.241 e. The summed E-state index contributed by atoms with van der Waals surface area (Å²) in [4.78, 5) is 11.7. The minimum absolute atomic E-state index is 0.199. The van der Waals surface area contributed by atoms with Crippen LogP contribution in [-0.4, -0.2) is 11.9 Å². The number of rotatable bonds is 2. The third kappa shape index (κ3) is 3.49. The van der Waals surface area contributed by atoms with Crippen LogP contribution in [0.5, 0.6) is 0 Å². The highest BCUT2D eigenvalue weighted by Gasteiger charge is 2.27. The van der Waals surface area contributed by atoms with Gasteiger partial charge in [0.05, 0.1) is 11.7 Å². The van der Waals surface area contributed by atoms with Crippen molar-refractivity contribution in [1.82, 2.24) is 0 Å². The van der Waals surface area contributed by atoms with Crippen LogP contribution < -0.4 is 11.1 Å². The molecule has 0 heterocycles. The van der Waals surface area contributed by atoms with Crippen molar-refractivity contribution < 1.29 is 13.6 Å². The highest BCUT2D eigenvalue weighted by atomic mass is 19.1. The van der Waals surface area contributed by atoms with Crippen LogP contribution in [0, 0.1) is 17.0 Å². The molecule has 0 bridgehead atoms. The van der Waals surface area contributed by atoms with Crippen molar-refractivity contribution in [3.8, 4) is 0 Å². The first kappa shape index (κ1) is 13.6. The monoisotopic (exact) mass is 242 g/mol. The van der Waals surface area contributed by atoms with Gasteiger partial charge in [-0.3, -0.25) is 4.79 Å². The van der Waals surface area contributed by atoms with Crippen LogP contribution in [0.15, 0.2) is 18.2 Å². The second-order valence-electron chi connectivity index (χ2n) is 4.96. The fraction of sp³-hybridized carbons (Fsp3) is 0.417. The summed E-state index contributed by atoms with van der Waals surface area (Å²) in [6.07, 6.45) is 0. The van der Waals surface area contributed by atoms with Gasteiger partial charge < -0.3 is 11.1 Å². The molecule has 0 saturated carbocycles. The van der Waals surface area contributed by atoms with Crippen molar-refractivity contribution in [3.05, 3.63) is 29.8 Å². The molecule has 0 spiro atoms. The molecule has 5 heteroatoms. The van der Waals surface area contributed by atoms with E-state index in [1.807, 2.05) is 0 Å². The van der Waals surface area contributed by atoms with Gasteiger partial charge in [0, 0.05) is 6.07 Å². The lowest BCUT2D eigenvalue weighted by atomic mass is 9.87. The van der Waals surface area contributed by atoms with Crippen LogP contribution in [0.3, 0.4) is 0 Å². The zero-order chi connectivity index (χ0) is 13.2. The van der Waals surface area contributed by atoms with Gasteiger partial charge in [0.25, 0.3) is 0 Å². The summed E-state index contributed by atoms with van der Waals surface area (Å²) >= 11 is 0. The standard InChI is InChI=1S/C12H16F2N2O/c1-12(2,3)10(15)11(17)16-9-6-7(13)4-5-8(9)14/h4-6,10H,15H2,1-3H3,(H,16,17)/t10-/m1/s1. The highest BCUT2D eigenvalue weighted by Crippen LogP contribution is 2.20. The van der Waals surface area contributed by atoms with E-state index in [1.165, 1.54) is 0 Å². The average Bonchev–Trinajstić information content (AvgIpc) is 2.21. The van der Waals surface area contributed by atoms with Crippen LogP contribution in [-0.2, 0) is 4.79 Å². The van der Waals surface area contributed by atoms with Gasteiger partial charge in [0.15, 0.2) is 0 Å². The van der Waals surface area contributed by atoms with E-state index < -0.39 is 29.0 Å². The molecular weight excluding hydrogens is 226 g/mol. The Morgan fingerprint density at radius 2 is 1.94 bits per heavy atom.